The summed E-state index contributed by atoms with van der Waals surface area (Å²) in [5.74, 6) is -1.23. The number of aromatic nitrogens is 1. The van der Waals surface area contributed by atoms with Gasteiger partial charge in [-0.05, 0) is 40.4 Å². The minimum Gasteiger partial charge on any atom is -0.479 e. The van der Waals surface area contributed by atoms with Crippen molar-refractivity contribution >= 4 is 21.9 Å². The quantitative estimate of drug-likeness (QED) is 0.790. The summed E-state index contributed by atoms with van der Waals surface area (Å²) in [6.07, 6.45) is 2.24. The average Bonchev–Trinajstić information content (AvgIpc) is 2.45. The second-order valence-electron chi connectivity index (χ2n) is 3.33. The molecule has 0 radical (unpaired) electrons. The van der Waals surface area contributed by atoms with Gasteiger partial charge in [0, 0.05) is 10.7 Å². The maximum atomic E-state index is 10.9. The highest BCUT2D eigenvalue weighted by Crippen LogP contribution is 2.36. The second kappa shape index (κ2) is 3.03. The number of carboxylic acid groups (broad SMARTS) is 1. The van der Waals surface area contributed by atoms with Crippen LogP contribution < -0.4 is 0 Å². The Kier molecular flexibility index (Phi) is 2.08. The van der Waals surface area contributed by atoms with Crippen LogP contribution in [-0.2, 0) is 16.8 Å². The molecule has 2 rings (SSSR count). The molecule has 0 bridgehead atoms. The molecule has 1 aliphatic rings. The van der Waals surface area contributed by atoms with E-state index in [1.807, 2.05) is 0 Å². The van der Waals surface area contributed by atoms with E-state index in [0.717, 1.165) is 10.0 Å². The molecular formula is C9H8BrNO3. The van der Waals surface area contributed by atoms with Crippen LogP contribution in [0, 0.1) is 0 Å². The van der Waals surface area contributed by atoms with Crippen LogP contribution >= 0.6 is 15.9 Å². The molecule has 14 heavy (non-hydrogen) atoms. The van der Waals surface area contributed by atoms with Gasteiger partial charge in [-0.1, -0.05) is 0 Å². The van der Waals surface area contributed by atoms with Gasteiger partial charge >= 0.3 is 5.97 Å². The van der Waals surface area contributed by atoms with Crippen molar-refractivity contribution in [2.45, 2.75) is 18.4 Å². The lowest BCUT2D eigenvalue weighted by molar-refractivity contribution is -0.159. The lowest BCUT2D eigenvalue weighted by atomic mass is 10.0. The Labute approximate surface area is 88.7 Å². The fourth-order valence-electron chi connectivity index (χ4n) is 1.69. The summed E-state index contributed by atoms with van der Waals surface area (Å²) >= 11 is 3.25. The SMILES string of the molecule is O=C(O)C1(O)CCc2cc(Br)cnc21. The topological polar surface area (TPSA) is 70.4 Å². The highest BCUT2D eigenvalue weighted by molar-refractivity contribution is 9.10. The van der Waals surface area contributed by atoms with Gasteiger partial charge in [0.15, 0.2) is 0 Å². The van der Waals surface area contributed by atoms with E-state index < -0.39 is 11.6 Å². The minimum atomic E-state index is -1.80. The lowest BCUT2D eigenvalue weighted by Gasteiger charge is -2.16. The van der Waals surface area contributed by atoms with Crippen LogP contribution in [0.15, 0.2) is 16.7 Å². The fraction of sp³-hybridized carbons (Fsp3) is 0.333. The van der Waals surface area contributed by atoms with Crippen molar-refractivity contribution in [3.05, 3.63) is 28.0 Å². The van der Waals surface area contributed by atoms with Gasteiger partial charge in [0.05, 0.1) is 5.69 Å². The zero-order valence-electron chi connectivity index (χ0n) is 7.20. The molecule has 0 aliphatic heterocycles. The summed E-state index contributed by atoms with van der Waals surface area (Å²) in [6, 6.07) is 1.79. The number of carbonyl (C=O) groups is 1. The highest BCUT2D eigenvalue weighted by atomic mass is 79.9. The molecule has 0 saturated carbocycles. The van der Waals surface area contributed by atoms with Gasteiger partial charge in [0.1, 0.15) is 0 Å². The van der Waals surface area contributed by atoms with Crippen molar-refractivity contribution in [2.24, 2.45) is 0 Å². The summed E-state index contributed by atoms with van der Waals surface area (Å²) < 4.78 is 0.797. The van der Waals surface area contributed by atoms with E-state index in [-0.39, 0.29) is 12.1 Å². The second-order valence-corrected chi connectivity index (χ2v) is 4.24. The largest absolute Gasteiger partial charge is 0.479 e. The summed E-state index contributed by atoms with van der Waals surface area (Å²) in [5, 5.41) is 18.7. The van der Waals surface area contributed by atoms with Crippen molar-refractivity contribution < 1.29 is 15.0 Å². The van der Waals surface area contributed by atoms with Gasteiger partial charge in [-0.2, -0.15) is 0 Å². The van der Waals surface area contributed by atoms with E-state index >= 15 is 0 Å². The molecule has 4 nitrogen and oxygen atoms in total. The Morgan fingerprint density at radius 3 is 3.00 bits per heavy atom. The molecule has 0 spiro atoms. The monoisotopic (exact) mass is 257 g/mol. The number of fused-ring (bicyclic) bond motifs is 1. The molecule has 1 aromatic rings. The standard InChI is InChI=1S/C9H8BrNO3/c10-6-3-5-1-2-9(14,8(12)13)7(5)11-4-6/h3-4,14H,1-2H2,(H,12,13). The number of aliphatic carboxylic acids is 1. The number of nitrogens with zero attached hydrogens (tertiary/aromatic N) is 1. The van der Waals surface area contributed by atoms with Gasteiger partial charge in [-0.3, -0.25) is 4.98 Å². The first-order valence-electron chi connectivity index (χ1n) is 4.15. The number of carboxylic acids is 1. The van der Waals surface area contributed by atoms with Gasteiger partial charge in [0.2, 0.25) is 5.60 Å². The predicted molar refractivity (Wildman–Crippen MR) is 51.8 cm³/mol. The van der Waals surface area contributed by atoms with Crippen LogP contribution in [0.1, 0.15) is 17.7 Å². The van der Waals surface area contributed by atoms with E-state index in [9.17, 15) is 9.90 Å². The van der Waals surface area contributed by atoms with Crippen molar-refractivity contribution in [3.63, 3.8) is 0 Å². The lowest BCUT2D eigenvalue weighted by Crippen LogP contribution is -2.33. The Balaban J connectivity index is 2.55. The number of aliphatic hydroxyl groups is 1. The van der Waals surface area contributed by atoms with Crippen LogP contribution in [0.3, 0.4) is 0 Å². The molecule has 0 saturated heterocycles. The summed E-state index contributed by atoms with van der Waals surface area (Å²) in [4.78, 5) is 14.8. The molecule has 1 aliphatic carbocycles. The van der Waals surface area contributed by atoms with Gasteiger partial charge in [-0.25, -0.2) is 4.79 Å². The van der Waals surface area contributed by atoms with Crippen molar-refractivity contribution in [1.29, 1.82) is 0 Å². The first kappa shape index (κ1) is 9.61. The molecule has 0 aromatic carbocycles. The Hall–Kier alpha value is -0.940. The summed E-state index contributed by atoms with van der Waals surface area (Å²) in [7, 11) is 0. The molecule has 74 valence electrons. The van der Waals surface area contributed by atoms with Gasteiger partial charge in [-0.15, -0.1) is 0 Å². The number of hydrogen-bond donors (Lipinski definition) is 2. The smallest absolute Gasteiger partial charge is 0.342 e. The van der Waals surface area contributed by atoms with Crippen LogP contribution in [0.2, 0.25) is 0 Å². The number of rotatable bonds is 1. The maximum Gasteiger partial charge on any atom is 0.342 e. The third-order valence-corrected chi connectivity index (χ3v) is 2.87. The van der Waals surface area contributed by atoms with Gasteiger partial charge in [0.25, 0.3) is 0 Å². The fourth-order valence-corrected chi connectivity index (χ4v) is 2.07. The third-order valence-electron chi connectivity index (χ3n) is 2.43. The van der Waals surface area contributed by atoms with Crippen LogP contribution in [0.25, 0.3) is 0 Å². The number of pyridine rings is 1. The number of halogens is 1. The summed E-state index contributed by atoms with van der Waals surface area (Å²) in [5.41, 5.74) is -0.728. The van der Waals surface area contributed by atoms with E-state index in [0.29, 0.717) is 6.42 Å². The molecule has 0 fully saturated rings. The van der Waals surface area contributed by atoms with Crippen molar-refractivity contribution in [2.75, 3.05) is 0 Å². The van der Waals surface area contributed by atoms with E-state index in [1.165, 1.54) is 6.20 Å². The average molecular weight is 258 g/mol. The molecule has 1 atom stereocenters. The van der Waals surface area contributed by atoms with E-state index in [2.05, 4.69) is 20.9 Å². The number of aryl methyl sites for hydroxylation is 1. The van der Waals surface area contributed by atoms with Crippen molar-refractivity contribution in [1.82, 2.24) is 4.98 Å². The van der Waals surface area contributed by atoms with Crippen LogP contribution in [0.4, 0.5) is 0 Å². The maximum absolute atomic E-state index is 10.9. The van der Waals surface area contributed by atoms with Crippen LogP contribution in [0.5, 0.6) is 0 Å². The third kappa shape index (κ3) is 1.24. The first-order chi connectivity index (χ1) is 6.54. The normalized spacial score (nSPS) is 24.7. The predicted octanol–water partition coefficient (Wildman–Crippen LogP) is 1.06. The van der Waals surface area contributed by atoms with Gasteiger partial charge < -0.3 is 10.2 Å². The summed E-state index contributed by atoms with van der Waals surface area (Å²) in [6.45, 7) is 0. The van der Waals surface area contributed by atoms with Crippen LogP contribution in [-0.4, -0.2) is 21.2 Å². The molecular weight excluding hydrogens is 250 g/mol. The molecule has 2 N–H and O–H groups in total. The molecule has 5 heteroatoms. The van der Waals surface area contributed by atoms with E-state index in [1.54, 1.807) is 6.07 Å². The molecule has 0 amide bonds. The van der Waals surface area contributed by atoms with Crippen molar-refractivity contribution in [3.8, 4) is 0 Å². The minimum absolute atomic E-state index is 0.196. The number of hydrogen-bond acceptors (Lipinski definition) is 3. The molecule has 1 heterocycles. The Morgan fingerprint density at radius 1 is 1.64 bits per heavy atom. The van der Waals surface area contributed by atoms with E-state index in [4.69, 9.17) is 5.11 Å². The molecule has 1 unspecified atom stereocenters. The Morgan fingerprint density at radius 2 is 2.36 bits per heavy atom. The zero-order valence-corrected chi connectivity index (χ0v) is 8.78. The first-order valence-corrected chi connectivity index (χ1v) is 4.94. The highest BCUT2D eigenvalue weighted by Gasteiger charge is 2.45. The molecule has 1 aromatic heterocycles. The zero-order chi connectivity index (χ0) is 10.3. The Bertz CT molecular complexity index is 407.